The van der Waals surface area contributed by atoms with E-state index >= 15 is 0 Å². The van der Waals surface area contributed by atoms with Gasteiger partial charge in [-0.3, -0.25) is 9.59 Å². The first kappa shape index (κ1) is 19.8. The predicted molar refractivity (Wildman–Crippen MR) is 103 cm³/mol. The molecule has 3 N–H and O–H groups in total. The first-order valence-electron chi connectivity index (χ1n) is 10.5. The number of hydrogen-bond donors (Lipinski definition) is 3. The van der Waals surface area contributed by atoms with Gasteiger partial charge in [0.1, 0.15) is 12.7 Å². The second kappa shape index (κ2) is 6.79. The highest BCUT2D eigenvalue weighted by molar-refractivity contribution is 5.91. The van der Waals surface area contributed by atoms with Gasteiger partial charge in [-0.2, -0.15) is 0 Å². The van der Waals surface area contributed by atoms with Crippen LogP contribution in [0.4, 0.5) is 0 Å². The van der Waals surface area contributed by atoms with E-state index in [1.165, 1.54) is 0 Å². The summed E-state index contributed by atoms with van der Waals surface area (Å²) in [6.07, 6.45) is 10.1. The molecule has 4 rings (SSSR count). The number of ketones is 2. The molecule has 0 aliphatic heterocycles. The van der Waals surface area contributed by atoms with E-state index in [1.54, 1.807) is 6.08 Å². The minimum Gasteiger partial charge on any atom is -0.393 e. The molecule has 3 saturated carbocycles. The Kier molecular flexibility index (Phi) is 4.81. The zero-order valence-corrected chi connectivity index (χ0v) is 16.4. The predicted octanol–water partition coefficient (Wildman–Crippen LogP) is 1.64. The van der Waals surface area contributed by atoms with E-state index < -0.39 is 30.1 Å². The summed E-state index contributed by atoms with van der Waals surface area (Å²) in [7, 11) is 0. The van der Waals surface area contributed by atoms with Gasteiger partial charge in [0.25, 0.3) is 0 Å². The zero-order chi connectivity index (χ0) is 20.3. The number of carbonyl (C=O) groups is 2. The molecule has 0 spiro atoms. The van der Waals surface area contributed by atoms with Crippen molar-refractivity contribution in [2.24, 2.45) is 34.5 Å². The first-order valence-corrected chi connectivity index (χ1v) is 10.5. The Balaban J connectivity index is 1.78. The van der Waals surface area contributed by atoms with Crippen LogP contribution in [0.3, 0.4) is 0 Å². The molecule has 152 valence electrons. The maximum absolute atomic E-state index is 12.5. The number of terminal acetylenes is 1. The Morgan fingerprint density at radius 1 is 1.36 bits per heavy atom. The van der Waals surface area contributed by atoms with Crippen LogP contribution >= 0.6 is 0 Å². The third-order valence-corrected chi connectivity index (χ3v) is 8.71. The fraction of sp³-hybridized carbons (Fsp3) is 0.739. The van der Waals surface area contributed by atoms with Crippen LogP contribution in [0.15, 0.2) is 11.6 Å². The molecule has 0 bridgehead atoms. The summed E-state index contributed by atoms with van der Waals surface area (Å²) in [5, 5.41) is 31.7. The zero-order valence-electron chi connectivity index (χ0n) is 16.4. The van der Waals surface area contributed by atoms with E-state index in [0.29, 0.717) is 12.8 Å². The van der Waals surface area contributed by atoms with Crippen LogP contribution in [-0.4, -0.2) is 45.7 Å². The van der Waals surface area contributed by atoms with Crippen LogP contribution in [0.25, 0.3) is 0 Å². The van der Waals surface area contributed by atoms with Crippen LogP contribution in [0.1, 0.15) is 51.9 Å². The van der Waals surface area contributed by atoms with E-state index in [1.807, 2.05) is 0 Å². The van der Waals surface area contributed by atoms with Crippen LogP contribution in [0.5, 0.6) is 0 Å². The number of hydrogen-bond acceptors (Lipinski definition) is 5. The monoisotopic (exact) mass is 386 g/mol. The molecule has 1 unspecified atom stereocenters. The SMILES string of the molecule is C#CC(O)[C@]12C[C@H](O)[C@H]3[C@@H](CCC4=CC(=O)CC[C@@]43C)[C@@H]1CC[C@@H]2C(=O)CO. The largest absolute Gasteiger partial charge is 0.393 e. The van der Waals surface area contributed by atoms with Crippen molar-refractivity contribution in [2.75, 3.05) is 6.61 Å². The molecule has 28 heavy (non-hydrogen) atoms. The third kappa shape index (κ3) is 2.51. The second-order valence-corrected chi connectivity index (χ2v) is 9.60. The fourth-order valence-electron chi connectivity index (χ4n) is 7.62. The van der Waals surface area contributed by atoms with Gasteiger partial charge in [-0.15, -0.1) is 6.42 Å². The lowest BCUT2D eigenvalue weighted by atomic mass is 9.44. The molecular formula is C23H30O5. The molecule has 4 aliphatic carbocycles. The molecule has 0 heterocycles. The molecular weight excluding hydrogens is 356 g/mol. The average Bonchev–Trinajstić information content (AvgIpc) is 3.07. The normalized spacial score (nSPS) is 45.9. The Morgan fingerprint density at radius 3 is 2.79 bits per heavy atom. The Bertz CT molecular complexity index is 763. The molecule has 0 aromatic carbocycles. The minimum absolute atomic E-state index is 0.00618. The molecule has 5 heteroatoms. The average molecular weight is 386 g/mol. The van der Waals surface area contributed by atoms with E-state index in [-0.39, 0.29) is 41.2 Å². The molecule has 4 aliphatic rings. The van der Waals surface area contributed by atoms with Gasteiger partial charge in [0.2, 0.25) is 0 Å². The highest BCUT2D eigenvalue weighted by Gasteiger charge is 2.66. The molecule has 8 atom stereocenters. The smallest absolute Gasteiger partial charge is 0.161 e. The topological polar surface area (TPSA) is 94.8 Å². The number of Topliss-reactive ketones (excluding diaryl/α,β-unsaturated/α-hetero) is 1. The fourth-order valence-corrected chi connectivity index (χ4v) is 7.62. The van der Waals surface area contributed by atoms with Crippen molar-refractivity contribution in [3.8, 4) is 12.3 Å². The van der Waals surface area contributed by atoms with Gasteiger partial charge >= 0.3 is 0 Å². The second-order valence-electron chi connectivity index (χ2n) is 9.60. The summed E-state index contributed by atoms with van der Waals surface area (Å²) >= 11 is 0. The number of fused-ring (bicyclic) bond motifs is 5. The van der Waals surface area contributed by atoms with Crippen LogP contribution < -0.4 is 0 Å². The molecule has 0 radical (unpaired) electrons. The number of rotatable bonds is 3. The standard InChI is InChI=1S/C23H30O5/c1-3-20(28)23-11-18(26)21-15(16(23)6-7-17(23)19(27)12-24)5-4-13-10-14(25)8-9-22(13,21)2/h1,10,15-18,20-21,24,26,28H,4-9,11-12H2,2H3/t15-,16-,17+,18-,20?,21+,22-,23+/m0/s1. The highest BCUT2D eigenvalue weighted by Crippen LogP contribution is 2.67. The summed E-state index contributed by atoms with van der Waals surface area (Å²) in [6, 6.07) is 0. The first-order chi connectivity index (χ1) is 13.3. The van der Waals surface area contributed by atoms with E-state index in [4.69, 9.17) is 6.42 Å². The van der Waals surface area contributed by atoms with E-state index in [9.17, 15) is 24.9 Å². The Labute approximate surface area is 166 Å². The van der Waals surface area contributed by atoms with Crippen molar-refractivity contribution >= 4 is 11.6 Å². The van der Waals surface area contributed by atoms with Crippen molar-refractivity contribution < 1.29 is 24.9 Å². The molecule has 0 aromatic heterocycles. The summed E-state index contributed by atoms with van der Waals surface area (Å²) < 4.78 is 0. The van der Waals surface area contributed by atoms with Crippen LogP contribution in [-0.2, 0) is 9.59 Å². The summed E-state index contributed by atoms with van der Waals surface area (Å²) in [6.45, 7) is 1.61. The van der Waals surface area contributed by atoms with E-state index in [2.05, 4.69) is 12.8 Å². The van der Waals surface area contributed by atoms with Gasteiger partial charge in [0.05, 0.1) is 6.10 Å². The molecule has 0 amide bonds. The highest BCUT2D eigenvalue weighted by atomic mass is 16.3. The summed E-state index contributed by atoms with van der Waals surface area (Å²) in [5.41, 5.74) is 0.0646. The van der Waals surface area contributed by atoms with Gasteiger partial charge in [-0.05, 0) is 67.8 Å². The van der Waals surface area contributed by atoms with Gasteiger partial charge in [-0.25, -0.2) is 0 Å². The summed E-state index contributed by atoms with van der Waals surface area (Å²) in [5.74, 6) is 2.02. The van der Waals surface area contributed by atoms with Crippen LogP contribution in [0, 0.1) is 46.8 Å². The van der Waals surface area contributed by atoms with Crippen molar-refractivity contribution in [1.29, 1.82) is 0 Å². The molecule has 0 saturated heterocycles. The minimum atomic E-state index is -1.12. The van der Waals surface area contributed by atoms with Gasteiger partial charge in [0, 0.05) is 17.8 Å². The van der Waals surface area contributed by atoms with Crippen molar-refractivity contribution in [2.45, 2.75) is 64.1 Å². The van der Waals surface area contributed by atoms with Crippen molar-refractivity contribution in [3.63, 3.8) is 0 Å². The lowest BCUT2D eigenvalue weighted by Crippen LogP contribution is -2.61. The Morgan fingerprint density at radius 2 is 2.11 bits per heavy atom. The van der Waals surface area contributed by atoms with Crippen molar-refractivity contribution in [1.82, 2.24) is 0 Å². The molecule has 0 aromatic rings. The summed E-state index contributed by atoms with van der Waals surface area (Å²) in [4.78, 5) is 24.5. The maximum Gasteiger partial charge on any atom is 0.161 e. The lowest BCUT2D eigenvalue weighted by molar-refractivity contribution is -0.168. The number of carbonyl (C=O) groups excluding carboxylic acids is 2. The van der Waals surface area contributed by atoms with Gasteiger partial charge in [-0.1, -0.05) is 18.4 Å². The number of allylic oxidation sites excluding steroid dienone is 1. The molecule has 3 fully saturated rings. The Hall–Kier alpha value is -1.48. The number of aliphatic hydroxyl groups excluding tert-OH is 3. The van der Waals surface area contributed by atoms with Gasteiger partial charge in [0.15, 0.2) is 11.6 Å². The quantitative estimate of drug-likeness (QED) is 0.641. The van der Waals surface area contributed by atoms with Gasteiger partial charge < -0.3 is 15.3 Å². The number of aliphatic hydroxyl groups is 3. The molecule has 5 nitrogen and oxygen atoms in total. The van der Waals surface area contributed by atoms with E-state index in [0.717, 1.165) is 31.3 Å². The lowest BCUT2D eigenvalue weighted by Gasteiger charge is -2.60. The maximum atomic E-state index is 12.5. The van der Waals surface area contributed by atoms with Crippen LogP contribution in [0.2, 0.25) is 0 Å². The third-order valence-electron chi connectivity index (χ3n) is 8.71. The van der Waals surface area contributed by atoms with Crippen molar-refractivity contribution in [3.05, 3.63) is 11.6 Å².